The molecule has 9 nitrogen and oxygen atoms in total. The Bertz CT molecular complexity index is 1170. The molecule has 9 atom stereocenters. The van der Waals surface area contributed by atoms with Crippen LogP contribution in [0.3, 0.4) is 0 Å². The van der Waals surface area contributed by atoms with Crippen molar-refractivity contribution < 1.29 is 48.7 Å². The lowest BCUT2D eigenvalue weighted by atomic mass is 9.46. The first-order chi connectivity index (χ1) is 17.9. The van der Waals surface area contributed by atoms with E-state index in [0.29, 0.717) is 6.42 Å². The third-order valence-electron chi connectivity index (χ3n) is 10.2. The van der Waals surface area contributed by atoms with Crippen LogP contribution in [0.5, 0.6) is 0 Å². The van der Waals surface area contributed by atoms with Gasteiger partial charge in [0.1, 0.15) is 18.0 Å². The minimum absolute atomic E-state index is 0.00840. The quantitative estimate of drug-likeness (QED) is 0.276. The Hall–Kier alpha value is -2.24. The molecular weight excluding hydrogens is 511 g/mol. The van der Waals surface area contributed by atoms with Crippen LogP contribution in [0.1, 0.15) is 60.8 Å². The molecule has 0 heterocycles. The van der Waals surface area contributed by atoms with Gasteiger partial charge in [-0.3, -0.25) is 14.4 Å². The molecule has 0 radical (unpaired) electrons. The summed E-state index contributed by atoms with van der Waals surface area (Å²) < 4.78 is 28.1. The molecule has 4 N–H and O–H groups in total. The molecular formula is C29H39FO9. The Morgan fingerprint density at radius 1 is 1.28 bits per heavy atom. The van der Waals surface area contributed by atoms with E-state index < -0.39 is 82.0 Å². The molecule has 0 aliphatic heterocycles. The molecule has 216 valence electrons. The van der Waals surface area contributed by atoms with E-state index in [1.807, 2.05) is 0 Å². The Balaban J connectivity index is 1.79. The number of allylic oxidation sites excluding steroid dienone is 5. The summed E-state index contributed by atoms with van der Waals surface area (Å²) in [5.74, 6) is -7.65. The number of hydrogen-bond acceptors (Lipinski definition) is 9. The lowest BCUT2D eigenvalue weighted by Gasteiger charge is -2.61. The van der Waals surface area contributed by atoms with Crippen molar-refractivity contribution in [1.82, 2.24) is 0 Å². The number of hydrogen-bond donors (Lipinski definition) is 4. The SMILES string of the molecule is CCC(C)C(O)(O)OCC(=O)[C@]1(O)[C@H](C)C[C@H]2[C@@H]3C=C(OC(C)=O)C4=CC(=O)C=C[C@]4(C)[C@@]3(F)[C@H](O)C[C@@]21C. The maximum Gasteiger partial charge on any atom is 0.308 e. The average molecular weight is 551 g/mol. The minimum atomic E-state index is -2.59. The van der Waals surface area contributed by atoms with Crippen LogP contribution in [0.4, 0.5) is 4.39 Å². The smallest absolute Gasteiger partial charge is 0.308 e. The van der Waals surface area contributed by atoms with Crippen molar-refractivity contribution in [1.29, 1.82) is 0 Å². The zero-order chi connectivity index (χ0) is 29.3. The second-order valence-electron chi connectivity index (χ2n) is 12.2. The van der Waals surface area contributed by atoms with Crippen molar-refractivity contribution in [3.8, 4) is 0 Å². The molecule has 0 aromatic carbocycles. The Kier molecular flexibility index (Phi) is 7.18. The third kappa shape index (κ3) is 4.01. The van der Waals surface area contributed by atoms with Crippen LogP contribution in [-0.2, 0) is 23.9 Å². The summed E-state index contributed by atoms with van der Waals surface area (Å²) >= 11 is 0. The zero-order valence-corrected chi connectivity index (χ0v) is 23.2. The molecule has 0 aromatic rings. The molecule has 2 fully saturated rings. The van der Waals surface area contributed by atoms with E-state index in [0.717, 1.165) is 0 Å². The van der Waals surface area contributed by atoms with Gasteiger partial charge in [0.2, 0.25) is 0 Å². The van der Waals surface area contributed by atoms with Gasteiger partial charge in [0.15, 0.2) is 17.2 Å². The highest BCUT2D eigenvalue weighted by Crippen LogP contribution is 2.70. The summed E-state index contributed by atoms with van der Waals surface area (Å²) in [6, 6.07) is 0. The molecule has 4 aliphatic rings. The molecule has 1 unspecified atom stereocenters. The van der Waals surface area contributed by atoms with Gasteiger partial charge in [-0.05, 0) is 56.3 Å². The Morgan fingerprint density at radius 3 is 2.51 bits per heavy atom. The van der Waals surface area contributed by atoms with Gasteiger partial charge in [0.25, 0.3) is 5.97 Å². The number of carbonyl (C=O) groups excluding carboxylic acids is 3. The van der Waals surface area contributed by atoms with Crippen molar-refractivity contribution in [2.24, 2.45) is 34.5 Å². The summed E-state index contributed by atoms with van der Waals surface area (Å²) in [5, 5.41) is 44.0. The molecule has 0 amide bonds. The second-order valence-corrected chi connectivity index (χ2v) is 12.2. The third-order valence-corrected chi connectivity index (χ3v) is 10.2. The van der Waals surface area contributed by atoms with Crippen LogP contribution in [-0.4, -0.2) is 67.9 Å². The van der Waals surface area contributed by atoms with Crippen molar-refractivity contribution in [2.75, 3.05) is 6.61 Å². The minimum Gasteiger partial charge on any atom is -0.427 e. The van der Waals surface area contributed by atoms with E-state index in [9.17, 15) is 34.8 Å². The van der Waals surface area contributed by atoms with Crippen molar-refractivity contribution >= 4 is 17.5 Å². The first-order valence-electron chi connectivity index (χ1n) is 13.5. The lowest BCUT2D eigenvalue weighted by molar-refractivity contribution is -0.361. The molecule has 39 heavy (non-hydrogen) atoms. The number of fused-ring (bicyclic) bond motifs is 5. The predicted molar refractivity (Wildman–Crippen MR) is 136 cm³/mol. The normalized spacial score (nSPS) is 42.1. The maximum absolute atomic E-state index is 17.5. The number of aliphatic hydroxyl groups excluding tert-OH is 1. The number of aliphatic hydroxyl groups is 4. The van der Waals surface area contributed by atoms with Crippen LogP contribution < -0.4 is 0 Å². The maximum atomic E-state index is 17.5. The zero-order valence-electron chi connectivity index (χ0n) is 23.2. The summed E-state index contributed by atoms with van der Waals surface area (Å²) in [5.41, 5.74) is -7.18. The van der Waals surface area contributed by atoms with Crippen LogP contribution in [0.25, 0.3) is 0 Å². The van der Waals surface area contributed by atoms with Crippen LogP contribution in [0.2, 0.25) is 0 Å². The molecule has 0 bridgehead atoms. The van der Waals surface area contributed by atoms with E-state index in [-0.39, 0.29) is 24.2 Å². The fourth-order valence-corrected chi connectivity index (χ4v) is 7.62. The van der Waals surface area contributed by atoms with Crippen LogP contribution in [0, 0.1) is 34.5 Å². The number of esters is 1. The molecule has 4 aliphatic carbocycles. The molecule has 4 rings (SSSR count). The molecule has 0 saturated heterocycles. The predicted octanol–water partition coefficient (Wildman–Crippen LogP) is 2.27. The first kappa shape index (κ1) is 29.7. The summed E-state index contributed by atoms with van der Waals surface area (Å²) in [7, 11) is 0. The van der Waals surface area contributed by atoms with Crippen molar-refractivity contribution in [3.05, 3.63) is 35.6 Å². The first-order valence-corrected chi connectivity index (χ1v) is 13.5. The van der Waals surface area contributed by atoms with Crippen LogP contribution in [0.15, 0.2) is 35.6 Å². The topological polar surface area (TPSA) is 151 Å². The summed E-state index contributed by atoms with van der Waals surface area (Å²) in [6.45, 7) is 8.47. The van der Waals surface area contributed by atoms with E-state index >= 15 is 4.39 Å². The highest BCUT2D eigenvalue weighted by molar-refractivity contribution is 6.02. The van der Waals surface area contributed by atoms with Crippen molar-refractivity contribution in [3.63, 3.8) is 0 Å². The van der Waals surface area contributed by atoms with Gasteiger partial charge < -0.3 is 29.9 Å². The van der Waals surface area contributed by atoms with Gasteiger partial charge in [0.05, 0.1) is 11.5 Å². The largest absolute Gasteiger partial charge is 0.427 e. The number of ketones is 2. The number of rotatable bonds is 7. The van der Waals surface area contributed by atoms with Gasteiger partial charge in [0, 0.05) is 29.7 Å². The average Bonchev–Trinajstić information content (AvgIpc) is 3.05. The second kappa shape index (κ2) is 9.41. The van der Waals surface area contributed by atoms with E-state index in [1.165, 1.54) is 38.2 Å². The van der Waals surface area contributed by atoms with Crippen molar-refractivity contribution in [2.45, 2.75) is 84.2 Å². The molecule has 10 heteroatoms. The molecule has 0 aromatic heterocycles. The highest BCUT2D eigenvalue weighted by atomic mass is 19.1. The summed E-state index contributed by atoms with van der Waals surface area (Å²) in [4.78, 5) is 37.8. The number of Topliss-reactive ketones (excluding diaryl/α,β-unsaturated/α-hetero) is 1. The number of carbonyl (C=O) groups is 3. The van der Waals surface area contributed by atoms with E-state index in [1.54, 1.807) is 27.7 Å². The monoisotopic (exact) mass is 550 g/mol. The number of alkyl halides is 1. The summed E-state index contributed by atoms with van der Waals surface area (Å²) in [6.07, 6.45) is 3.81. The number of halogens is 1. The van der Waals surface area contributed by atoms with Gasteiger partial charge >= 0.3 is 5.97 Å². The van der Waals surface area contributed by atoms with Gasteiger partial charge in [-0.25, -0.2) is 4.39 Å². The fourth-order valence-electron chi connectivity index (χ4n) is 7.62. The van der Waals surface area contributed by atoms with Crippen LogP contribution >= 0.6 is 0 Å². The standard InChI is InChI=1S/C29H39FO9/c1-7-15(2)29(36,37)38-14-24(34)28(35)16(3)10-19-20-12-22(39-17(4)31)21-11-18(32)8-9-25(21,5)27(20,30)23(33)13-26(19,28)6/h8-9,11-12,15-16,19-20,23,33,35-37H,7,10,13-14H2,1-6H3/t15?,16-,19+,20+,23-,25+,26+,27+,28-/m1/s1. The number of ether oxygens (including phenoxy) is 2. The lowest BCUT2D eigenvalue weighted by Crippen LogP contribution is -2.69. The Morgan fingerprint density at radius 2 is 1.92 bits per heavy atom. The molecule has 0 spiro atoms. The Labute approximate surface area is 227 Å². The van der Waals surface area contributed by atoms with E-state index in [2.05, 4.69) is 0 Å². The van der Waals surface area contributed by atoms with Gasteiger partial charge in [-0.2, -0.15) is 0 Å². The fraction of sp³-hybridized carbons (Fsp3) is 0.690. The highest BCUT2D eigenvalue weighted by Gasteiger charge is 2.75. The molecule has 2 saturated carbocycles. The van der Waals surface area contributed by atoms with Gasteiger partial charge in [-0.1, -0.05) is 33.8 Å². The van der Waals surface area contributed by atoms with Gasteiger partial charge in [-0.15, -0.1) is 0 Å². The van der Waals surface area contributed by atoms with E-state index in [4.69, 9.17) is 9.47 Å².